The maximum absolute atomic E-state index is 11.8. The van der Waals surface area contributed by atoms with Crippen molar-refractivity contribution in [2.45, 2.75) is 30.5 Å². The average Bonchev–Trinajstić information content (AvgIpc) is 2.60. The monoisotopic (exact) mass is 291 g/mol. The Morgan fingerprint density at radius 2 is 1.70 bits per heavy atom. The lowest BCUT2D eigenvalue weighted by atomic mass is 9.92. The molecule has 20 heavy (non-hydrogen) atoms. The Kier molecular flexibility index (Phi) is 3.18. The third-order valence-corrected chi connectivity index (χ3v) is 3.33. The zero-order valence-electron chi connectivity index (χ0n) is 9.64. The van der Waals surface area contributed by atoms with E-state index < -0.39 is 51.5 Å². The Balaban J connectivity index is 2.48. The average molecular weight is 291 g/mol. The van der Waals surface area contributed by atoms with Gasteiger partial charge in [-0.15, -0.1) is 0 Å². The van der Waals surface area contributed by atoms with E-state index in [2.05, 4.69) is 0 Å². The molecular weight excluding hydrogens is 282 g/mol. The summed E-state index contributed by atoms with van der Waals surface area (Å²) in [5, 5.41) is 42.9. The highest BCUT2D eigenvalue weighted by atomic mass is 16.7. The molecular formula is C6H9N7O7-2. The molecule has 0 aliphatic carbocycles. The third-order valence-electron chi connectivity index (χ3n) is 3.33. The fraction of sp³-hybridized carbons (Fsp3) is 0.833. The molecule has 2 amide bonds. The second kappa shape index (κ2) is 4.46. The number of amides is 2. The summed E-state index contributed by atoms with van der Waals surface area (Å²) in [6.07, 6.45) is -3.69. The molecule has 2 heterocycles. The van der Waals surface area contributed by atoms with Crippen LogP contribution in [-0.2, 0) is 0 Å². The quantitative estimate of drug-likeness (QED) is 0.393. The molecule has 2 aliphatic rings. The van der Waals surface area contributed by atoms with Crippen LogP contribution in [0, 0.1) is 30.6 Å². The molecule has 0 radical (unpaired) electrons. The van der Waals surface area contributed by atoms with Crippen LogP contribution in [0.4, 0.5) is 4.79 Å². The van der Waals surface area contributed by atoms with Crippen LogP contribution in [0.1, 0.15) is 0 Å². The number of rotatable bonds is 2. The number of carbonyl (C=O) groups excluding carboxylic acids is 1. The summed E-state index contributed by atoms with van der Waals surface area (Å²) >= 11 is 0. The van der Waals surface area contributed by atoms with Crippen molar-refractivity contribution in [1.29, 1.82) is 0 Å². The van der Waals surface area contributed by atoms with Crippen molar-refractivity contribution in [3.8, 4) is 0 Å². The maximum atomic E-state index is 11.8. The van der Waals surface area contributed by atoms with E-state index in [1.165, 1.54) is 0 Å². The van der Waals surface area contributed by atoms with E-state index in [-0.39, 0.29) is 10.1 Å². The summed E-state index contributed by atoms with van der Waals surface area (Å²) in [7, 11) is 0. The maximum Gasteiger partial charge on any atom is 0.369 e. The predicted octanol–water partition coefficient (Wildman–Crippen LogP) is -2.82. The summed E-state index contributed by atoms with van der Waals surface area (Å²) in [6.45, 7) is 0. The number of hydrogen-bond donors (Lipinski definition) is 2. The van der Waals surface area contributed by atoms with Crippen LogP contribution < -0.4 is 11.5 Å². The van der Waals surface area contributed by atoms with Gasteiger partial charge in [0.25, 0.3) is 6.04 Å². The van der Waals surface area contributed by atoms with Gasteiger partial charge in [-0.1, -0.05) is 0 Å². The molecule has 0 aromatic heterocycles. The molecule has 5 unspecified atom stereocenters. The number of nitro groups is 2. The first kappa shape index (κ1) is 14.3. The van der Waals surface area contributed by atoms with Crippen LogP contribution in [0.2, 0.25) is 0 Å². The molecule has 0 saturated carbocycles. The zero-order chi connectivity index (χ0) is 15.4. The van der Waals surface area contributed by atoms with Gasteiger partial charge in [-0.2, -0.15) is 0 Å². The van der Waals surface area contributed by atoms with Crippen LogP contribution in [0.5, 0.6) is 0 Å². The van der Waals surface area contributed by atoms with Gasteiger partial charge in [-0.05, 0) is 5.01 Å². The largest absolute Gasteiger partial charge is 0.782 e. The smallest absolute Gasteiger partial charge is 0.369 e. The first-order chi connectivity index (χ1) is 9.20. The Bertz CT molecular complexity index is 473. The summed E-state index contributed by atoms with van der Waals surface area (Å²) < 4.78 is 0. The fourth-order valence-electron chi connectivity index (χ4n) is 2.42. The van der Waals surface area contributed by atoms with E-state index >= 15 is 0 Å². The van der Waals surface area contributed by atoms with Gasteiger partial charge in [0, 0.05) is 4.92 Å². The highest BCUT2D eigenvalue weighted by Crippen LogP contribution is 2.33. The first-order valence-electron chi connectivity index (χ1n) is 5.24. The van der Waals surface area contributed by atoms with Crippen molar-refractivity contribution in [1.82, 2.24) is 15.1 Å². The summed E-state index contributed by atoms with van der Waals surface area (Å²) in [4.78, 5) is 32.1. The standard InChI is InChI=1S/C6H9N7O7/c7-1-2(12(17)18)4(8)10(15)5-3(1)9(13(19)20)6(14)11(5)16/h1-5H,7-8H2/q-2. The molecule has 14 heteroatoms. The molecule has 4 N–H and O–H groups in total. The minimum absolute atomic E-state index is 0.171. The molecule has 112 valence electrons. The number of piperidine rings is 1. The number of hydroxylamine groups is 4. The molecule has 14 nitrogen and oxygen atoms in total. The minimum Gasteiger partial charge on any atom is -0.782 e. The van der Waals surface area contributed by atoms with Crippen molar-refractivity contribution in [2.24, 2.45) is 11.5 Å². The molecule has 5 atom stereocenters. The Hall–Kier alpha value is -2.13. The number of nitrogens with zero attached hydrogens (tertiary/aromatic N) is 5. The Morgan fingerprint density at radius 3 is 2.15 bits per heavy atom. The van der Waals surface area contributed by atoms with Crippen molar-refractivity contribution in [3.63, 3.8) is 0 Å². The zero-order valence-corrected chi connectivity index (χ0v) is 9.64. The third kappa shape index (κ3) is 1.67. The number of hydrazine groups is 1. The molecule has 2 aliphatic heterocycles. The van der Waals surface area contributed by atoms with Crippen molar-refractivity contribution >= 4 is 6.03 Å². The molecule has 2 rings (SSSR count). The van der Waals surface area contributed by atoms with E-state index in [4.69, 9.17) is 11.5 Å². The number of hydrogen-bond acceptors (Lipinski definition) is 10. The fourth-order valence-corrected chi connectivity index (χ4v) is 2.42. The van der Waals surface area contributed by atoms with Crippen molar-refractivity contribution in [3.05, 3.63) is 30.6 Å². The van der Waals surface area contributed by atoms with Crippen molar-refractivity contribution in [2.75, 3.05) is 0 Å². The van der Waals surface area contributed by atoms with Gasteiger partial charge in [0.05, 0.1) is 6.17 Å². The predicted molar refractivity (Wildman–Crippen MR) is 59.0 cm³/mol. The van der Waals surface area contributed by atoms with Gasteiger partial charge >= 0.3 is 6.03 Å². The van der Waals surface area contributed by atoms with Crippen LogP contribution in [0.25, 0.3) is 0 Å². The highest BCUT2D eigenvalue weighted by Gasteiger charge is 2.61. The lowest BCUT2D eigenvalue weighted by molar-refractivity contribution is -0.643. The lowest BCUT2D eigenvalue weighted by Gasteiger charge is -2.51. The summed E-state index contributed by atoms with van der Waals surface area (Å²) in [5.74, 6) is 0. The summed E-state index contributed by atoms with van der Waals surface area (Å²) in [6, 6.07) is -6.88. The van der Waals surface area contributed by atoms with Crippen LogP contribution >= 0.6 is 0 Å². The molecule has 2 fully saturated rings. The van der Waals surface area contributed by atoms with E-state index in [1.54, 1.807) is 0 Å². The molecule has 0 spiro atoms. The van der Waals surface area contributed by atoms with Crippen LogP contribution in [0.3, 0.4) is 0 Å². The topological polar surface area (TPSA) is 211 Å². The van der Waals surface area contributed by atoms with Crippen LogP contribution in [0.15, 0.2) is 0 Å². The van der Waals surface area contributed by atoms with Crippen LogP contribution in [-0.4, -0.2) is 61.6 Å². The SMILES string of the molecule is NC1C2C(N([O-])C(=O)N2[N+](=O)[O-])N([O-])C(N)C1[N+](=O)[O-]. The van der Waals surface area contributed by atoms with Gasteiger partial charge in [0.1, 0.15) is 12.2 Å². The second-order valence-corrected chi connectivity index (χ2v) is 4.30. The van der Waals surface area contributed by atoms with E-state index in [1.807, 2.05) is 0 Å². The Labute approximate surface area is 109 Å². The molecule has 0 aromatic rings. The number of urea groups is 1. The Morgan fingerprint density at radius 1 is 1.15 bits per heavy atom. The van der Waals surface area contributed by atoms with Gasteiger partial charge in [0.2, 0.25) is 0 Å². The molecule has 2 saturated heterocycles. The molecule has 0 aromatic carbocycles. The van der Waals surface area contributed by atoms with E-state index in [0.29, 0.717) is 0 Å². The number of carbonyl (C=O) groups is 1. The summed E-state index contributed by atoms with van der Waals surface area (Å²) in [5.41, 5.74) is 10.8. The van der Waals surface area contributed by atoms with Gasteiger partial charge in [-0.25, -0.2) is 14.9 Å². The highest BCUT2D eigenvalue weighted by molar-refractivity contribution is 5.77. The first-order valence-corrected chi connectivity index (χ1v) is 5.24. The number of nitrogens with two attached hydrogens (primary N) is 2. The molecule has 0 bridgehead atoms. The van der Waals surface area contributed by atoms with E-state index in [9.17, 15) is 35.4 Å². The normalized spacial score (nSPS) is 38.0. The van der Waals surface area contributed by atoms with Gasteiger partial charge < -0.3 is 32.0 Å². The van der Waals surface area contributed by atoms with E-state index in [0.717, 1.165) is 0 Å². The number of fused-ring (bicyclic) bond motifs is 1. The van der Waals surface area contributed by atoms with Gasteiger partial charge in [-0.3, -0.25) is 10.1 Å². The van der Waals surface area contributed by atoms with Crippen molar-refractivity contribution < 1.29 is 14.8 Å². The second-order valence-electron chi connectivity index (χ2n) is 4.30. The lowest BCUT2D eigenvalue weighted by Crippen LogP contribution is -2.74. The minimum atomic E-state index is -1.89. The van der Waals surface area contributed by atoms with Gasteiger partial charge in [0.15, 0.2) is 11.1 Å².